The third-order valence-electron chi connectivity index (χ3n) is 4.34. The van der Waals surface area contributed by atoms with E-state index < -0.39 is 12.1 Å². The monoisotopic (exact) mass is 442 g/mol. The van der Waals surface area contributed by atoms with Gasteiger partial charge in [0, 0.05) is 6.07 Å². The minimum absolute atomic E-state index is 0.261. The highest BCUT2D eigenvalue weighted by Gasteiger charge is 2.24. The highest BCUT2D eigenvalue weighted by molar-refractivity contribution is 8.18. The standard InChI is InChI=1S/C22H22N2O6S/c1-4-16(21(26)27)30-17-9-8-13(10-18(17)29-3)11-19-20(25)24-22(31-19)23-14-6-5-7-15(12-14)28-2/h5-12,16H,4H2,1-3H3,(H,26,27)(H,23,24,25)/b19-11+. The lowest BCUT2D eigenvalue weighted by Crippen LogP contribution is -2.26. The number of hydrogen-bond acceptors (Lipinski definition) is 7. The topological polar surface area (TPSA) is 106 Å². The van der Waals surface area contributed by atoms with Crippen LogP contribution in [0, 0.1) is 0 Å². The molecule has 1 saturated heterocycles. The molecule has 1 amide bonds. The van der Waals surface area contributed by atoms with E-state index in [1.54, 1.807) is 44.4 Å². The largest absolute Gasteiger partial charge is 0.497 e. The van der Waals surface area contributed by atoms with E-state index in [1.807, 2.05) is 18.2 Å². The second-order valence-electron chi connectivity index (χ2n) is 6.45. The zero-order valence-electron chi connectivity index (χ0n) is 17.2. The Kier molecular flexibility index (Phi) is 7.19. The first-order valence-corrected chi connectivity index (χ1v) is 10.3. The molecule has 0 spiro atoms. The molecular formula is C22H22N2O6S. The number of methoxy groups -OCH3 is 2. The van der Waals surface area contributed by atoms with E-state index in [0.29, 0.717) is 45.0 Å². The van der Waals surface area contributed by atoms with Crippen LogP contribution in [-0.2, 0) is 9.59 Å². The predicted molar refractivity (Wildman–Crippen MR) is 119 cm³/mol. The van der Waals surface area contributed by atoms with Crippen LogP contribution in [0.2, 0.25) is 0 Å². The summed E-state index contributed by atoms with van der Waals surface area (Å²) in [6, 6.07) is 12.3. The first-order chi connectivity index (χ1) is 14.9. The molecule has 31 heavy (non-hydrogen) atoms. The second-order valence-corrected chi connectivity index (χ2v) is 7.48. The molecule has 1 aliphatic rings. The summed E-state index contributed by atoms with van der Waals surface area (Å²) in [5.41, 5.74) is 1.36. The molecule has 2 aromatic rings. The fourth-order valence-corrected chi connectivity index (χ4v) is 3.60. The molecule has 3 rings (SSSR count). The average Bonchev–Trinajstić information content (AvgIpc) is 3.10. The molecule has 162 valence electrons. The first kappa shape index (κ1) is 22.2. The van der Waals surface area contributed by atoms with E-state index in [2.05, 4.69) is 10.3 Å². The van der Waals surface area contributed by atoms with E-state index in [4.69, 9.17) is 14.2 Å². The van der Waals surface area contributed by atoms with E-state index in [-0.39, 0.29) is 5.91 Å². The number of benzene rings is 2. The molecule has 0 bridgehead atoms. The smallest absolute Gasteiger partial charge is 0.344 e. The Labute approximate surface area is 183 Å². The number of aliphatic imine (C=N–C) groups is 1. The number of thioether (sulfide) groups is 1. The number of amides is 1. The molecule has 1 aliphatic heterocycles. The Hall–Kier alpha value is -3.46. The molecule has 0 aliphatic carbocycles. The Morgan fingerprint density at radius 1 is 1.19 bits per heavy atom. The van der Waals surface area contributed by atoms with Gasteiger partial charge in [0.15, 0.2) is 22.8 Å². The van der Waals surface area contributed by atoms with Crippen molar-refractivity contribution < 1.29 is 28.9 Å². The van der Waals surface area contributed by atoms with E-state index in [1.165, 1.54) is 18.9 Å². The van der Waals surface area contributed by atoms with Gasteiger partial charge in [-0.3, -0.25) is 4.79 Å². The molecule has 8 nitrogen and oxygen atoms in total. The number of nitrogens with one attached hydrogen (secondary N) is 1. The summed E-state index contributed by atoms with van der Waals surface area (Å²) in [4.78, 5) is 28.5. The van der Waals surface area contributed by atoms with Crippen molar-refractivity contribution in [2.24, 2.45) is 4.99 Å². The second kappa shape index (κ2) is 10.0. The van der Waals surface area contributed by atoms with Crippen LogP contribution >= 0.6 is 11.8 Å². The van der Waals surface area contributed by atoms with Gasteiger partial charge in [-0.05, 0) is 54.1 Å². The van der Waals surface area contributed by atoms with Gasteiger partial charge in [0.2, 0.25) is 0 Å². The quantitative estimate of drug-likeness (QED) is 0.598. The van der Waals surface area contributed by atoms with Crippen LogP contribution in [0.3, 0.4) is 0 Å². The van der Waals surface area contributed by atoms with Crippen LogP contribution in [0.15, 0.2) is 52.4 Å². The van der Waals surface area contributed by atoms with Crippen LogP contribution in [0.1, 0.15) is 18.9 Å². The van der Waals surface area contributed by atoms with Crippen molar-refractivity contribution >= 4 is 40.6 Å². The van der Waals surface area contributed by atoms with Crippen molar-refractivity contribution in [1.29, 1.82) is 0 Å². The third-order valence-corrected chi connectivity index (χ3v) is 5.25. The van der Waals surface area contributed by atoms with Crippen LogP contribution in [0.25, 0.3) is 6.08 Å². The van der Waals surface area contributed by atoms with Gasteiger partial charge in [-0.1, -0.05) is 19.1 Å². The summed E-state index contributed by atoms with van der Waals surface area (Å²) >= 11 is 1.22. The summed E-state index contributed by atoms with van der Waals surface area (Å²) in [5, 5.41) is 12.4. The first-order valence-electron chi connectivity index (χ1n) is 9.44. The number of nitrogens with zero attached hydrogens (tertiary/aromatic N) is 1. The zero-order valence-corrected chi connectivity index (χ0v) is 18.1. The van der Waals surface area contributed by atoms with Crippen molar-refractivity contribution in [1.82, 2.24) is 5.32 Å². The van der Waals surface area contributed by atoms with Gasteiger partial charge < -0.3 is 24.6 Å². The number of aliphatic carboxylic acids is 1. The number of carboxylic acid groups (broad SMARTS) is 1. The lowest BCUT2D eigenvalue weighted by Gasteiger charge is -2.16. The van der Waals surface area contributed by atoms with Crippen molar-refractivity contribution in [3.05, 3.63) is 52.9 Å². The van der Waals surface area contributed by atoms with Gasteiger partial charge in [-0.25, -0.2) is 9.79 Å². The highest BCUT2D eigenvalue weighted by atomic mass is 32.2. The van der Waals surface area contributed by atoms with Crippen molar-refractivity contribution in [3.8, 4) is 17.2 Å². The van der Waals surface area contributed by atoms with Crippen LogP contribution in [0.5, 0.6) is 17.2 Å². The number of amidine groups is 1. The highest BCUT2D eigenvalue weighted by Crippen LogP contribution is 2.33. The summed E-state index contributed by atoms with van der Waals surface area (Å²) in [5.74, 6) is 0.0699. The Bertz CT molecular complexity index is 1050. The van der Waals surface area contributed by atoms with Gasteiger partial charge in [-0.2, -0.15) is 0 Å². The molecular weight excluding hydrogens is 420 g/mol. The predicted octanol–water partition coefficient (Wildman–Crippen LogP) is 3.84. The molecule has 1 atom stereocenters. The molecule has 0 aromatic heterocycles. The molecule has 2 N–H and O–H groups in total. The maximum absolute atomic E-state index is 12.4. The van der Waals surface area contributed by atoms with Crippen molar-refractivity contribution in [2.75, 3.05) is 14.2 Å². The fraction of sp³-hybridized carbons (Fsp3) is 0.227. The normalized spacial score (nSPS) is 16.8. The molecule has 1 unspecified atom stereocenters. The molecule has 9 heteroatoms. The zero-order chi connectivity index (χ0) is 22.4. The minimum atomic E-state index is -1.04. The van der Waals surface area contributed by atoms with E-state index >= 15 is 0 Å². The van der Waals surface area contributed by atoms with Gasteiger partial charge in [0.25, 0.3) is 5.91 Å². The Morgan fingerprint density at radius 2 is 2.00 bits per heavy atom. The van der Waals surface area contributed by atoms with Gasteiger partial charge in [-0.15, -0.1) is 0 Å². The van der Waals surface area contributed by atoms with E-state index in [0.717, 1.165) is 0 Å². The number of ether oxygens (including phenoxy) is 3. The molecule has 1 fully saturated rings. The average molecular weight is 442 g/mol. The molecule has 2 aromatic carbocycles. The number of carbonyl (C=O) groups excluding carboxylic acids is 1. The van der Waals surface area contributed by atoms with Crippen LogP contribution < -0.4 is 19.5 Å². The van der Waals surface area contributed by atoms with Crippen molar-refractivity contribution in [2.45, 2.75) is 19.4 Å². The number of carbonyl (C=O) groups is 2. The summed E-state index contributed by atoms with van der Waals surface area (Å²) in [6.07, 6.45) is 1.05. The summed E-state index contributed by atoms with van der Waals surface area (Å²) in [6.45, 7) is 1.73. The third kappa shape index (κ3) is 5.58. The van der Waals surface area contributed by atoms with E-state index in [9.17, 15) is 14.7 Å². The number of carboxylic acids is 1. The molecule has 0 saturated carbocycles. The Balaban J connectivity index is 1.80. The Morgan fingerprint density at radius 3 is 2.68 bits per heavy atom. The lowest BCUT2D eigenvalue weighted by atomic mass is 10.1. The van der Waals surface area contributed by atoms with Gasteiger partial charge >= 0.3 is 5.97 Å². The summed E-state index contributed by atoms with van der Waals surface area (Å²) < 4.78 is 16.1. The lowest BCUT2D eigenvalue weighted by molar-refractivity contribution is -0.145. The number of hydrogen-bond donors (Lipinski definition) is 2. The summed E-state index contributed by atoms with van der Waals surface area (Å²) in [7, 11) is 3.05. The fourth-order valence-electron chi connectivity index (χ4n) is 2.76. The maximum atomic E-state index is 12.4. The minimum Gasteiger partial charge on any atom is -0.497 e. The van der Waals surface area contributed by atoms with Crippen LogP contribution in [-0.4, -0.2) is 42.5 Å². The SMILES string of the molecule is CCC(Oc1ccc(/C=C2/SC(=Nc3cccc(OC)c3)NC2=O)cc1OC)C(=O)O. The van der Waals surface area contributed by atoms with Crippen LogP contribution in [0.4, 0.5) is 5.69 Å². The van der Waals surface area contributed by atoms with Gasteiger partial charge in [0.1, 0.15) is 5.75 Å². The number of rotatable bonds is 8. The maximum Gasteiger partial charge on any atom is 0.344 e. The van der Waals surface area contributed by atoms with Crippen molar-refractivity contribution in [3.63, 3.8) is 0 Å². The molecule has 1 heterocycles. The molecule has 0 radical (unpaired) electrons. The van der Waals surface area contributed by atoms with Gasteiger partial charge in [0.05, 0.1) is 24.8 Å².